The first-order valence-corrected chi connectivity index (χ1v) is 3.23. The summed E-state index contributed by atoms with van der Waals surface area (Å²) in [4.78, 5) is 2.77. The third-order valence-electron chi connectivity index (χ3n) is 0.338. The second-order valence-electron chi connectivity index (χ2n) is 0.990. The molecule has 0 rings (SSSR count). The summed E-state index contributed by atoms with van der Waals surface area (Å²) in [6.07, 6.45) is 1.33. The second kappa shape index (κ2) is 3.22. The first kappa shape index (κ1) is 7.18. The quantitative estimate of drug-likeness (QED) is 0.407. The Morgan fingerprint density at radius 1 is 2.00 bits per heavy atom. The van der Waals surface area contributed by atoms with Gasteiger partial charge in [-0.2, -0.15) is 4.85 Å². The van der Waals surface area contributed by atoms with Crippen LogP contribution in [0.3, 0.4) is 0 Å². The number of nitrogens with zero attached hydrogens (tertiary/aromatic N) is 1. The highest BCUT2D eigenvalue weighted by molar-refractivity contribution is 7.79. The van der Waals surface area contributed by atoms with E-state index in [-0.39, 0.29) is 5.88 Å². The van der Waals surface area contributed by atoms with Crippen LogP contribution in [0.1, 0.15) is 0 Å². The van der Waals surface area contributed by atoms with Crippen molar-refractivity contribution in [3.63, 3.8) is 0 Å². The van der Waals surface area contributed by atoms with Gasteiger partial charge in [0.1, 0.15) is 0 Å². The van der Waals surface area contributed by atoms with Gasteiger partial charge in [0.2, 0.25) is 0 Å². The van der Waals surface area contributed by atoms with E-state index in [2.05, 4.69) is 15.6 Å². The molecule has 0 radical (unpaired) electrons. The van der Waals surface area contributed by atoms with Crippen molar-refractivity contribution in [2.45, 2.75) is 0 Å². The molecule has 8 heavy (non-hydrogen) atoms. The normalized spacial score (nSPS) is 11.5. The fraction of sp³-hybridized carbons (Fsp3) is 0.250. The van der Waals surface area contributed by atoms with Crippen molar-refractivity contribution in [1.82, 2.24) is 0 Å². The Hall–Kier alpha value is -0.820. The molecule has 1 atom stereocenters. The van der Waals surface area contributed by atoms with Crippen molar-refractivity contribution in [3.05, 3.63) is 23.9 Å². The van der Waals surface area contributed by atoms with Gasteiger partial charge in [-0.25, -0.2) is 4.21 Å². The Kier molecular flexibility index (Phi) is 2.89. The van der Waals surface area contributed by atoms with Gasteiger partial charge in [0.15, 0.2) is 11.1 Å². The van der Waals surface area contributed by atoms with Crippen LogP contribution in [0.15, 0.2) is 12.5 Å². The fourth-order valence-electron chi connectivity index (χ4n) is 0.154. The molecule has 44 valence electrons. The van der Waals surface area contributed by atoms with Crippen molar-refractivity contribution in [1.29, 1.82) is 0 Å². The Morgan fingerprint density at radius 3 is 2.62 bits per heavy atom. The van der Waals surface area contributed by atoms with Crippen molar-refractivity contribution in [2.24, 2.45) is 0 Å². The predicted octanol–water partition coefficient (Wildman–Crippen LogP) is 0.687. The van der Waals surface area contributed by atoms with Gasteiger partial charge < -0.3 is 4.18 Å². The molecule has 0 aromatic heterocycles. The summed E-state index contributed by atoms with van der Waals surface area (Å²) in [5.74, 6) is -0.133. The number of hydrogen-bond donors (Lipinski definition) is 0. The molecule has 0 aromatic carbocycles. The first-order chi connectivity index (χ1) is 3.66. The number of hydrogen-bond acceptors (Lipinski definition) is 2. The molecule has 0 aliphatic rings. The van der Waals surface area contributed by atoms with E-state index in [0.29, 0.717) is 0 Å². The van der Waals surface area contributed by atoms with Gasteiger partial charge in [-0.05, 0) is 0 Å². The van der Waals surface area contributed by atoms with Crippen molar-refractivity contribution < 1.29 is 8.39 Å². The molecule has 4 heteroatoms. The molecular weight excluding hydrogens is 126 g/mol. The van der Waals surface area contributed by atoms with E-state index in [9.17, 15) is 4.21 Å². The summed E-state index contributed by atoms with van der Waals surface area (Å²) in [6, 6.07) is 0. The zero-order valence-electron chi connectivity index (χ0n) is 4.38. The molecule has 3 nitrogen and oxygen atoms in total. The molecular formula is C4H5NO2S. The van der Waals surface area contributed by atoms with E-state index < -0.39 is 11.1 Å². The van der Waals surface area contributed by atoms with Crippen LogP contribution in [0.25, 0.3) is 4.85 Å². The Balaban J connectivity index is 3.61. The third kappa shape index (κ3) is 3.37. The van der Waals surface area contributed by atoms with Gasteiger partial charge in [-0.1, -0.05) is 6.58 Å². The monoisotopic (exact) mass is 131 g/mol. The van der Waals surface area contributed by atoms with Gasteiger partial charge in [0.05, 0.1) is 6.57 Å². The first-order valence-electron chi connectivity index (χ1n) is 1.75. The lowest BCUT2D eigenvalue weighted by molar-refractivity contribution is 0.478. The number of rotatable bonds is 2. The second-order valence-corrected chi connectivity index (χ2v) is 1.96. The van der Waals surface area contributed by atoms with Crippen LogP contribution in [-0.4, -0.2) is 10.5 Å². The van der Waals surface area contributed by atoms with Crippen molar-refractivity contribution >= 4 is 11.1 Å². The molecule has 0 saturated carbocycles. The molecule has 0 fully saturated rings. The van der Waals surface area contributed by atoms with Crippen LogP contribution < -0.4 is 0 Å². The fourth-order valence-corrected chi connectivity index (χ4v) is 0.462. The highest BCUT2D eigenvalue weighted by Crippen LogP contribution is 1.94. The van der Waals surface area contributed by atoms with Gasteiger partial charge in [-0.3, -0.25) is 0 Å². The van der Waals surface area contributed by atoms with E-state index in [1.807, 2.05) is 0 Å². The molecule has 0 aliphatic carbocycles. The SMILES string of the molecule is [C-]#[N+]C(=C)OS(C)=O. The van der Waals surface area contributed by atoms with E-state index >= 15 is 0 Å². The molecule has 0 bridgehead atoms. The Bertz CT molecular complexity index is 158. The van der Waals surface area contributed by atoms with Crippen LogP contribution in [0, 0.1) is 6.57 Å². The Labute approximate surface area is 50.4 Å². The lowest BCUT2D eigenvalue weighted by atomic mass is 11.0. The van der Waals surface area contributed by atoms with Gasteiger partial charge in [0.25, 0.3) is 0 Å². The minimum atomic E-state index is -1.41. The van der Waals surface area contributed by atoms with E-state index in [4.69, 9.17) is 6.57 Å². The van der Waals surface area contributed by atoms with E-state index in [0.717, 1.165) is 0 Å². The van der Waals surface area contributed by atoms with Crippen molar-refractivity contribution in [3.8, 4) is 0 Å². The van der Waals surface area contributed by atoms with Crippen LogP contribution in [-0.2, 0) is 15.3 Å². The highest BCUT2D eigenvalue weighted by atomic mass is 32.2. The van der Waals surface area contributed by atoms with Gasteiger partial charge in [-0.15, -0.1) is 0 Å². The zero-order chi connectivity index (χ0) is 6.57. The third-order valence-corrected chi connectivity index (χ3v) is 0.765. The lowest BCUT2D eigenvalue weighted by Gasteiger charge is -1.92. The lowest BCUT2D eigenvalue weighted by Crippen LogP contribution is -1.88. The van der Waals surface area contributed by atoms with E-state index in [1.165, 1.54) is 6.26 Å². The molecule has 1 unspecified atom stereocenters. The van der Waals surface area contributed by atoms with Crippen LogP contribution in [0.5, 0.6) is 0 Å². The largest absolute Gasteiger partial charge is 0.423 e. The maximum absolute atomic E-state index is 10.1. The minimum absolute atomic E-state index is 0.133. The summed E-state index contributed by atoms with van der Waals surface area (Å²) in [6.45, 7) is 9.41. The topological polar surface area (TPSA) is 30.7 Å². The molecule has 0 spiro atoms. The summed E-state index contributed by atoms with van der Waals surface area (Å²) >= 11 is -1.41. The molecule has 0 aliphatic heterocycles. The molecule has 0 aromatic rings. The smallest absolute Gasteiger partial charge is 0.346 e. The molecule has 0 heterocycles. The molecule has 0 amide bonds. The van der Waals surface area contributed by atoms with Crippen LogP contribution >= 0.6 is 0 Å². The van der Waals surface area contributed by atoms with Gasteiger partial charge >= 0.3 is 5.88 Å². The maximum atomic E-state index is 10.1. The summed E-state index contributed by atoms with van der Waals surface area (Å²) in [7, 11) is 0. The zero-order valence-corrected chi connectivity index (χ0v) is 5.20. The maximum Gasteiger partial charge on any atom is 0.346 e. The molecule has 0 N–H and O–H groups in total. The van der Waals surface area contributed by atoms with Crippen LogP contribution in [0.4, 0.5) is 0 Å². The summed E-state index contributed by atoms with van der Waals surface area (Å²) in [5, 5.41) is 0. The highest BCUT2D eigenvalue weighted by Gasteiger charge is 1.91. The Morgan fingerprint density at radius 2 is 2.50 bits per heavy atom. The standard InChI is InChI=1S/C4H5NO2S/c1-4(5-2)7-8(3)6/h1H2,3H3. The van der Waals surface area contributed by atoms with Crippen LogP contribution in [0.2, 0.25) is 0 Å². The average Bonchev–Trinajstić information content (AvgIpc) is 1.65. The summed E-state index contributed by atoms with van der Waals surface area (Å²) in [5.41, 5.74) is 0. The van der Waals surface area contributed by atoms with E-state index in [1.54, 1.807) is 0 Å². The summed E-state index contributed by atoms with van der Waals surface area (Å²) < 4.78 is 14.4. The minimum Gasteiger partial charge on any atom is -0.423 e. The molecule has 0 saturated heterocycles. The predicted molar refractivity (Wildman–Crippen MR) is 30.9 cm³/mol. The van der Waals surface area contributed by atoms with Gasteiger partial charge in [0, 0.05) is 6.26 Å². The van der Waals surface area contributed by atoms with Crippen molar-refractivity contribution in [2.75, 3.05) is 6.26 Å². The average molecular weight is 131 g/mol.